The molecule has 1 aliphatic carbocycles. The Morgan fingerprint density at radius 2 is 1.96 bits per heavy atom. The molecule has 7 rings (SSSR count). The highest BCUT2D eigenvalue weighted by Crippen LogP contribution is 2.63. The number of hydrogen-bond acceptors (Lipinski definition) is 6. The molecule has 4 heterocycles. The molecule has 1 saturated carbocycles. The van der Waals surface area contributed by atoms with E-state index in [0.717, 1.165) is 61.0 Å². The van der Waals surface area contributed by atoms with E-state index in [1.165, 1.54) is 12.1 Å². The van der Waals surface area contributed by atoms with Crippen LogP contribution in [0, 0.1) is 5.92 Å². The molecule has 8 nitrogen and oxygen atoms in total. The van der Waals surface area contributed by atoms with Gasteiger partial charge in [0.15, 0.2) is 0 Å². The molecule has 0 bridgehead atoms. The number of nitrogens with zero attached hydrogens (tertiary/aromatic N) is 2. The number of pyridine rings is 1. The molecule has 2 amide bonds. The molecule has 3 unspecified atom stereocenters. The lowest BCUT2D eigenvalue weighted by atomic mass is 9.95. The van der Waals surface area contributed by atoms with E-state index in [1.807, 2.05) is 18.2 Å². The van der Waals surface area contributed by atoms with Crippen molar-refractivity contribution < 1.29 is 32.2 Å². The second-order valence-corrected chi connectivity index (χ2v) is 12.6. The van der Waals surface area contributed by atoms with Gasteiger partial charge >= 0.3 is 6.18 Å². The SMILES string of the molecule is CCN1CCC(=Cc2ccc(C(=O)NCC3C4Oc5ccc(Oc6ccnc7c6CCC(=O)N7)cc5C34C)cc2C(F)(F)F)CC1. The van der Waals surface area contributed by atoms with E-state index in [1.54, 1.807) is 18.3 Å². The summed E-state index contributed by atoms with van der Waals surface area (Å²) in [7, 11) is 0. The Bertz CT molecular complexity index is 1750. The van der Waals surface area contributed by atoms with Crippen LogP contribution in [0.1, 0.15) is 65.7 Å². The number of rotatable bonds is 7. The average Bonchev–Trinajstić information content (AvgIpc) is 3.49. The predicted molar refractivity (Wildman–Crippen MR) is 166 cm³/mol. The zero-order valence-corrected chi connectivity index (χ0v) is 25.7. The second-order valence-electron chi connectivity index (χ2n) is 12.6. The Morgan fingerprint density at radius 3 is 2.72 bits per heavy atom. The lowest BCUT2D eigenvalue weighted by Crippen LogP contribution is -2.30. The van der Waals surface area contributed by atoms with Gasteiger partial charge in [0, 0.05) is 60.3 Å². The number of ether oxygens (including phenoxy) is 2. The quantitative estimate of drug-likeness (QED) is 0.315. The van der Waals surface area contributed by atoms with Crippen molar-refractivity contribution in [3.63, 3.8) is 0 Å². The number of anilines is 1. The summed E-state index contributed by atoms with van der Waals surface area (Å²) >= 11 is 0. The Hall–Kier alpha value is -4.38. The summed E-state index contributed by atoms with van der Waals surface area (Å²) in [6.07, 6.45) is 0.831. The molecule has 4 aliphatic rings. The molecule has 2 fully saturated rings. The van der Waals surface area contributed by atoms with Crippen LogP contribution in [0.25, 0.3) is 6.08 Å². The van der Waals surface area contributed by atoms with Gasteiger partial charge in [0.25, 0.3) is 5.91 Å². The highest BCUT2D eigenvalue weighted by Gasteiger charge is 2.69. The third kappa shape index (κ3) is 5.50. The van der Waals surface area contributed by atoms with Crippen LogP contribution in [-0.2, 0) is 22.8 Å². The first-order valence-electron chi connectivity index (χ1n) is 15.7. The number of piperidine rings is 1. The van der Waals surface area contributed by atoms with Crippen molar-refractivity contribution in [2.24, 2.45) is 5.92 Å². The normalized spacial score (nSPS) is 23.4. The van der Waals surface area contributed by atoms with Crippen molar-refractivity contribution in [1.29, 1.82) is 0 Å². The fourth-order valence-corrected chi connectivity index (χ4v) is 7.04. The highest BCUT2D eigenvalue weighted by atomic mass is 19.4. The third-order valence-corrected chi connectivity index (χ3v) is 9.91. The number of benzene rings is 2. The fraction of sp³-hybridized carbons (Fsp3) is 0.400. The summed E-state index contributed by atoms with van der Waals surface area (Å²) in [6.45, 7) is 6.98. The molecule has 11 heteroatoms. The smallest absolute Gasteiger partial charge is 0.417 e. The van der Waals surface area contributed by atoms with Crippen LogP contribution < -0.4 is 20.1 Å². The van der Waals surface area contributed by atoms with E-state index in [4.69, 9.17) is 9.47 Å². The molecule has 1 saturated heterocycles. The van der Waals surface area contributed by atoms with Crippen molar-refractivity contribution in [1.82, 2.24) is 15.2 Å². The predicted octanol–water partition coefficient (Wildman–Crippen LogP) is 6.36. The topological polar surface area (TPSA) is 92.8 Å². The molecule has 3 atom stereocenters. The standard InChI is InChI=1S/C35H35F3N4O4/c1-3-42-14-11-20(12-15-42)16-21-4-5-22(17-25(21)35(36,37)38)33(44)40-19-27-31-34(27,2)26-18-23(6-8-29(26)46-31)45-28-10-13-39-32-24(28)7-9-30(43)41-32/h4-6,8,10,13,16-18,27,31H,3,7,9,11-12,14-15,19H2,1-2H3,(H,40,44)(H,39,41,43). The first kappa shape index (κ1) is 30.3. The minimum absolute atomic E-state index is 0.0277. The van der Waals surface area contributed by atoms with Crippen molar-refractivity contribution in [3.05, 3.63) is 82.1 Å². The molecule has 0 radical (unpaired) electrons. The van der Waals surface area contributed by atoms with E-state index in [0.29, 0.717) is 30.2 Å². The fourth-order valence-electron chi connectivity index (χ4n) is 7.04. The van der Waals surface area contributed by atoms with E-state index < -0.39 is 17.6 Å². The number of likely N-dealkylation sites (tertiary alicyclic amines) is 1. The number of hydrogen-bond donors (Lipinski definition) is 2. The van der Waals surface area contributed by atoms with E-state index in [9.17, 15) is 22.8 Å². The van der Waals surface area contributed by atoms with E-state index >= 15 is 0 Å². The van der Waals surface area contributed by atoms with Crippen LogP contribution in [0.15, 0.2) is 54.2 Å². The lowest BCUT2D eigenvalue weighted by Gasteiger charge is -2.27. The monoisotopic (exact) mass is 632 g/mol. The Labute approximate surface area is 265 Å². The number of alkyl halides is 3. The van der Waals surface area contributed by atoms with Gasteiger partial charge in [-0.25, -0.2) is 4.98 Å². The number of halogens is 3. The summed E-state index contributed by atoms with van der Waals surface area (Å²) in [5.74, 6) is 1.79. The molecule has 46 heavy (non-hydrogen) atoms. The molecule has 240 valence electrons. The minimum atomic E-state index is -4.59. The molecular weight excluding hydrogens is 597 g/mol. The van der Waals surface area contributed by atoms with Crippen LogP contribution in [-0.4, -0.2) is 54.0 Å². The van der Waals surface area contributed by atoms with Crippen molar-refractivity contribution >= 4 is 23.7 Å². The number of carbonyl (C=O) groups excluding carboxylic acids is 2. The molecule has 2 aromatic carbocycles. The molecule has 0 spiro atoms. The maximum atomic E-state index is 14.1. The van der Waals surface area contributed by atoms with Gasteiger partial charge in [-0.1, -0.05) is 31.6 Å². The van der Waals surface area contributed by atoms with Gasteiger partial charge in [-0.05, 0) is 67.8 Å². The number of amides is 2. The lowest BCUT2D eigenvalue weighted by molar-refractivity contribution is -0.137. The van der Waals surface area contributed by atoms with Crippen LogP contribution >= 0.6 is 0 Å². The van der Waals surface area contributed by atoms with Gasteiger partial charge in [-0.3, -0.25) is 9.59 Å². The van der Waals surface area contributed by atoms with Gasteiger partial charge in [0.2, 0.25) is 5.91 Å². The number of nitrogens with one attached hydrogen (secondary N) is 2. The minimum Gasteiger partial charge on any atom is -0.489 e. The Kier molecular flexibility index (Phi) is 7.54. The van der Waals surface area contributed by atoms with Crippen LogP contribution in [0.2, 0.25) is 0 Å². The number of carbonyl (C=O) groups is 2. The van der Waals surface area contributed by atoms with E-state index in [-0.39, 0.29) is 41.0 Å². The number of aromatic nitrogens is 1. The van der Waals surface area contributed by atoms with Gasteiger partial charge in [-0.2, -0.15) is 13.2 Å². The van der Waals surface area contributed by atoms with Gasteiger partial charge < -0.3 is 25.0 Å². The first-order valence-corrected chi connectivity index (χ1v) is 15.7. The Morgan fingerprint density at radius 1 is 1.15 bits per heavy atom. The molecule has 1 aromatic heterocycles. The summed E-state index contributed by atoms with van der Waals surface area (Å²) in [6, 6.07) is 11.2. The summed E-state index contributed by atoms with van der Waals surface area (Å²) < 4.78 is 54.7. The maximum Gasteiger partial charge on any atom is 0.417 e. The van der Waals surface area contributed by atoms with E-state index in [2.05, 4.69) is 34.4 Å². The van der Waals surface area contributed by atoms with Crippen molar-refractivity contribution in [2.75, 3.05) is 31.5 Å². The zero-order chi connectivity index (χ0) is 32.2. The Balaban J connectivity index is 1.03. The van der Waals surface area contributed by atoms with Crippen molar-refractivity contribution in [3.8, 4) is 17.2 Å². The largest absolute Gasteiger partial charge is 0.489 e. The van der Waals surface area contributed by atoms with Gasteiger partial charge in [0.05, 0.1) is 5.56 Å². The first-order chi connectivity index (χ1) is 22.0. The third-order valence-electron chi connectivity index (χ3n) is 9.91. The molecular formula is C35H35F3N4O4. The average molecular weight is 633 g/mol. The molecule has 2 N–H and O–H groups in total. The van der Waals surface area contributed by atoms with Crippen LogP contribution in [0.5, 0.6) is 17.2 Å². The maximum absolute atomic E-state index is 14.1. The second kappa shape index (κ2) is 11.5. The van der Waals surface area contributed by atoms with Crippen molar-refractivity contribution in [2.45, 2.75) is 57.2 Å². The molecule has 3 aromatic rings. The van der Waals surface area contributed by atoms with Gasteiger partial charge in [0.1, 0.15) is 29.2 Å². The zero-order valence-electron chi connectivity index (χ0n) is 25.7. The molecule has 3 aliphatic heterocycles. The summed E-state index contributed by atoms with van der Waals surface area (Å²) in [5, 5.41) is 5.63. The number of fused-ring (bicyclic) bond motifs is 4. The van der Waals surface area contributed by atoms with Crippen LogP contribution in [0.4, 0.5) is 19.0 Å². The summed E-state index contributed by atoms with van der Waals surface area (Å²) in [5.41, 5.74) is 1.66. The van der Waals surface area contributed by atoms with Gasteiger partial charge in [-0.15, -0.1) is 0 Å². The van der Waals surface area contributed by atoms with Crippen LogP contribution in [0.3, 0.4) is 0 Å². The highest BCUT2D eigenvalue weighted by molar-refractivity contribution is 5.95. The summed E-state index contributed by atoms with van der Waals surface area (Å²) in [4.78, 5) is 31.4.